The highest BCUT2D eigenvalue weighted by Gasteiger charge is 2.22. The lowest BCUT2D eigenvalue weighted by atomic mass is 10.1. The van der Waals surface area contributed by atoms with Crippen LogP contribution in [0.2, 0.25) is 0 Å². The molecule has 0 aliphatic carbocycles. The summed E-state index contributed by atoms with van der Waals surface area (Å²) in [4.78, 5) is 13.0. The molecule has 1 fully saturated rings. The lowest BCUT2D eigenvalue weighted by Crippen LogP contribution is -2.18. The van der Waals surface area contributed by atoms with Gasteiger partial charge in [-0.25, -0.2) is 4.68 Å². The van der Waals surface area contributed by atoms with Gasteiger partial charge in [0.1, 0.15) is 18.3 Å². The monoisotopic (exact) mass is 286 g/mol. The Morgan fingerprint density at radius 3 is 2.62 bits per heavy atom. The second-order valence-electron chi connectivity index (χ2n) is 4.79. The Balaban J connectivity index is 1.89. The van der Waals surface area contributed by atoms with Crippen molar-refractivity contribution in [1.82, 2.24) is 14.9 Å². The van der Waals surface area contributed by atoms with Crippen LogP contribution in [0.3, 0.4) is 0 Å². The molecule has 108 valence electrons. The predicted octanol–water partition coefficient (Wildman–Crippen LogP) is 1.67. The number of benzene rings is 1. The number of nitro groups is 1. The van der Waals surface area contributed by atoms with Crippen molar-refractivity contribution < 1.29 is 4.92 Å². The molecule has 1 aromatic heterocycles. The molecule has 1 saturated heterocycles. The molecule has 0 N–H and O–H groups in total. The third-order valence-corrected chi connectivity index (χ3v) is 3.39. The fourth-order valence-corrected chi connectivity index (χ4v) is 2.38. The van der Waals surface area contributed by atoms with Gasteiger partial charge in [0.05, 0.1) is 11.1 Å². The Hall–Kier alpha value is -2.77. The molecule has 8 heteroatoms. The van der Waals surface area contributed by atoms with Gasteiger partial charge in [0.2, 0.25) is 0 Å². The van der Waals surface area contributed by atoms with Crippen molar-refractivity contribution in [2.24, 2.45) is 5.10 Å². The van der Waals surface area contributed by atoms with Crippen molar-refractivity contribution in [3.63, 3.8) is 0 Å². The highest BCUT2D eigenvalue weighted by molar-refractivity contribution is 5.83. The van der Waals surface area contributed by atoms with Crippen LogP contribution in [0.1, 0.15) is 18.4 Å². The number of anilines is 1. The number of aromatic nitrogens is 3. The van der Waals surface area contributed by atoms with Gasteiger partial charge in [-0.05, 0) is 18.9 Å². The van der Waals surface area contributed by atoms with Crippen LogP contribution in [-0.4, -0.2) is 39.1 Å². The van der Waals surface area contributed by atoms with E-state index in [4.69, 9.17) is 0 Å². The van der Waals surface area contributed by atoms with Crippen molar-refractivity contribution in [2.75, 3.05) is 18.0 Å². The van der Waals surface area contributed by atoms with Crippen LogP contribution in [0, 0.1) is 10.1 Å². The number of nitro benzene ring substituents is 1. The largest absolute Gasteiger partial charge is 0.366 e. The molecule has 3 rings (SSSR count). The molecule has 0 atom stereocenters. The molecule has 8 nitrogen and oxygen atoms in total. The van der Waals surface area contributed by atoms with Gasteiger partial charge in [-0.2, -0.15) is 5.10 Å². The molecule has 1 aromatic carbocycles. The van der Waals surface area contributed by atoms with E-state index in [9.17, 15) is 10.1 Å². The molecule has 1 aliphatic rings. The fraction of sp³-hybridized carbons (Fsp3) is 0.308. The standard InChI is InChI=1S/C13H14N6O2/c20-19(21)13-7-11(8-16-18-9-14-15-10-18)3-4-12(13)17-5-1-2-6-17/h3-4,7-10H,1-2,5-6H2/b16-8+. The molecule has 0 bridgehead atoms. The average Bonchev–Trinajstić information content (AvgIpc) is 3.18. The van der Waals surface area contributed by atoms with E-state index in [1.807, 2.05) is 6.07 Å². The molecule has 2 aromatic rings. The van der Waals surface area contributed by atoms with Gasteiger partial charge in [-0.3, -0.25) is 10.1 Å². The highest BCUT2D eigenvalue weighted by Crippen LogP contribution is 2.31. The van der Waals surface area contributed by atoms with Gasteiger partial charge in [0.15, 0.2) is 0 Å². The zero-order valence-electron chi connectivity index (χ0n) is 11.3. The second kappa shape index (κ2) is 5.70. The summed E-state index contributed by atoms with van der Waals surface area (Å²) in [6.45, 7) is 1.74. The maximum Gasteiger partial charge on any atom is 0.293 e. The number of rotatable bonds is 4. The second-order valence-corrected chi connectivity index (χ2v) is 4.79. The summed E-state index contributed by atoms with van der Waals surface area (Å²) in [6.07, 6.45) is 6.60. The molecule has 1 aliphatic heterocycles. The predicted molar refractivity (Wildman–Crippen MR) is 77.6 cm³/mol. The van der Waals surface area contributed by atoms with Crippen molar-refractivity contribution in [3.05, 3.63) is 46.5 Å². The van der Waals surface area contributed by atoms with Crippen LogP contribution >= 0.6 is 0 Å². The first-order valence-corrected chi connectivity index (χ1v) is 6.66. The van der Waals surface area contributed by atoms with Crippen LogP contribution in [0.5, 0.6) is 0 Å². The van der Waals surface area contributed by atoms with E-state index in [-0.39, 0.29) is 10.6 Å². The summed E-state index contributed by atoms with van der Waals surface area (Å²) < 4.78 is 1.43. The van der Waals surface area contributed by atoms with Crippen LogP contribution in [0.25, 0.3) is 0 Å². The minimum Gasteiger partial charge on any atom is -0.366 e. The first-order chi connectivity index (χ1) is 10.2. The van der Waals surface area contributed by atoms with Gasteiger partial charge in [-0.1, -0.05) is 6.07 Å². The molecule has 0 spiro atoms. The molecule has 0 amide bonds. The third kappa shape index (κ3) is 2.88. The van der Waals surface area contributed by atoms with Crippen molar-refractivity contribution >= 4 is 17.6 Å². The first kappa shape index (κ1) is 13.2. The Morgan fingerprint density at radius 1 is 1.24 bits per heavy atom. The fourth-order valence-electron chi connectivity index (χ4n) is 2.38. The SMILES string of the molecule is O=[N+]([O-])c1cc(/C=N/n2cnnc2)ccc1N1CCCC1. The van der Waals surface area contributed by atoms with Gasteiger partial charge < -0.3 is 4.90 Å². The van der Waals surface area contributed by atoms with Crippen LogP contribution in [-0.2, 0) is 0 Å². The van der Waals surface area contributed by atoms with Gasteiger partial charge in [0.25, 0.3) is 5.69 Å². The summed E-state index contributed by atoms with van der Waals surface area (Å²) >= 11 is 0. The Morgan fingerprint density at radius 2 is 1.95 bits per heavy atom. The topological polar surface area (TPSA) is 89.4 Å². The molecule has 2 heterocycles. The minimum absolute atomic E-state index is 0.115. The van der Waals surface area contributed by atoms with Crippen molar-refractivity contribution in [1.29, 1.82) is 0 Å². The zero-order chi connectivity index (χ0) is 14.7. The first-order valence-electron chi connectivity index (χ1n) is 6.66. The number of nitrogens with zero attached hydrogens (tertiary/aromatic N) is 6. The summed E-state index contributed by atoms with van der Waals surface area (Å²) in [5, 5.41) is 22.6. The summed E-state index contributed by atoms with van der Waals surface area (Å²) in [7, 11) is 0. The van der Waals surface area contributed by atoms with Gasteiger partial charge in [-0.15, -0.1) is 10.2 Å². The summed E-state index contributed by atoms with van der Waals surface area (Å²) in [6, 6.07) is 5.16. The lowest BCUT2D eigenvalue weighted by molar-refractivity contribution is -0.384. The Kier molecular flexibility index (Phi) is 3.59. The molecular formula is C13H14N6O2. The summed E-state index contributed by atoms with van der Waals surface area (Å²) in [5.74, 6) is 0. The molecular weight excluding hydrogens is 272 g/mol. The van der Waals surface area contributed by atoms with E-state index >= 15 is 0 Å². The molecule has 0 saturated carbocycles. The minimum atomic E-state index is -0.343. The van der Waals surface area contributed by atoms with E-state index in [2.05, 4.69) is 20.2 Å². The van der Waals surface area contributed by atoms with E-state index < -0.39 is 0 Å². The molecule has 0 radical (unpaired) electrons. The quantitative estimate of drug-likeness (QED) is 0.484. The van der Waals surface area contributed by atoms with Gasteiger partial charge in [0, 0.05) is 24.7 Å². The van der Waals surface area contributed by atoms with Crippen LogP contribution in [0.15, 0.2) is 36.0 Å². The zero-order valence-corrected chi connectivity index (χ0v) is 11.3. The lowest BCUT2D eigenvalue weighted by Gasteiger charge is -2.17. The number of hydrogen-bond donors (Lipinski definition) is 0. The average molecular weight is 286 g/mol. The van der Waals surface area contributed by atoms with Crippen molar-refractivity contribution in [3.8, 4) is 0 Å². The van der Waals surface area contributed by atoms with Crippen LogP contribution in [0.4, 0.5) is 11.4 Å². The normalized spacial score (nSPS) is 15.0. The molecule has 21 heavy (non-hydrogen) atoms. The van der Waals surface area contributed by atoms with Gasteiger partial charge >= 0.3 is 0 Å². The van der Waals surface area contributed by atoms with Crippen LogP contribution < -0.4 is 4.90 Å². The van der Waals surface area contributed by atoms with E-state index in [0.29, 0.717) is 11.3 Å². The Bertz CT molecular complexity index is 661. The van der Waals surface area contributed by atoms with E-state index in [0.717, 1.165) is 25.9 Å². The smallest absolute Gasteiger partial charge is 0.293 e. The van der Waals surface area contributed by atoms with Crippen molar-refractivity contribution in [2.45, 2.75) is 12.8 Å². The number of hydrogen-bond acceptors (Lipinski definition) is 6. The Labute approximate surface area is 120 Å². The van der Waals surface area contributed by atoms with E-state index in [1.165, 1.54) is 17.3 Å². The highest BCUT2D eigenvalue weighted by atomic mass is 16.6. The maximum atomic E-state index is 11.3. The third-order valence-electron chi connectivity index (χ3n) is 3.39. The summed E-state index contributed by atoms with van der Waals surface area (Å²) in [5.41, 5.74) is 1.46. The van der Waals surface area contributed by atoms with E-state index in [1.54, 1.807) is 18.3 Å². The maximum absolute atomic E-state index is 11.3. The molecule has 0 unspecified atom stereocenters.